The number of fused-ring (bicyclic) bond motifs is 1. The number of hydrogen-bond donors (Lipinski definition) is 1. The number of halogens is 1. The summed E-state index contributed by atoms with van der Waals surface area (Å²) in [5, 5.41) is 6.50. The highest BCUT2D eigenvalue weighted by atomic mass is 35.5. The summed E-state index contributed by atoms with van der Waals surface area (Å²) in [4.78, 5) is 18.5. The second-order valence-corrected chi connectivity index (χ2v) is 5.58. The summed E-state index contributed by atoms with van der Waals surface area (Å²) >= 11 is 5.82. The molecule has 3 rings (SSSR count). The van der Waals surface area contributed by atoms with Crippen LogP contribution in [-0.2, 0) is 0 Å². The lowest BCUT2D eigenvalue weighted by Crippen LogP contribution is -2.41. The highest BCUT2D eigenvalue weighted by Gasteiger charge is 2.26. The molecule has 2 heterocycles. The molecule has 0 aliphatic heterocycles. The molecule has 6 nitrogen and oxygen atoms in total. The topological polar surface area (TPSA) is 66.3 Å². The van der Waals surface area contributed by atoms with Crippen LogP contribution in [0.15, 0.2) is 10.9 Å². The normalized spacial score (nSPS) is 15.5. The van der Waals surface area contributed by atoms with Gasteiger partial charge in [0.15, 0.2) is 5.65 Å². The van der Waals surface area contributed by atoms with Crippen LogP contribution in [0.4, 0.5) is 5.82 Å². The predicted molar refractivity (Wildman–Crippen MR) is 78.7 cm³/mol. The number of nitrogens with zero attached hydrogens (tertiary/aromatic N) is 4. The highest BCUT2D eigenvalue weighted by molar-refractivity contribution is 6.17. The number of rotatable bonds is 5. The van der Waals surface area contributed by atoms with Crippen molar-refractivity contribution in [1.29, 1.82) is 0 Å². The number of anilines is 1. The molecule has 0 atom stereocenters. The zero-order valence-corrected chi connectivity index (χ0v) is 12.2. The first-order valence-electron chi connectivity index (χ1n) is 6.98. The standard InChI is InChI=1S/C13H18ClN5O/c1-9-15-11(8-12-16-17-13(20)19(9)12)18(7-3-6-14)10-4-2-5-10/h8,10H,2-7H2,1H3,(H,17,20). The highest BCUT2D eigenvalue weighted by Crippen LogP contribution is 2.29. The van der Waals surface area contributed by atoms with Crippen molar-refractivity contribution in [3.8, 4) is 0 Å². The van der Waals surface area contributed by atoms with Gasteiger partial charge in [0, 0.05) is 24.5 Å². The van der Waals surface area contributed by atoms with E-state index in [2.05, 4.69) is 20.1 Å². The maximum absolute atomic E-state index is 11.6. The van der Waals surface area contributed by atoms with Gasteiger partial charge in [-0.2, -0.15) is 5.10 Å². The molecule has 0 spiro atoms. The molecule has 1 saturated carbocycles. The van der Waals surface area contributed by atoms with Crippen molar-refractivity contribution in [2.45, 2.75) is 38.6 Å². The number of alkyl halides is 1. The molecule has 1 fully saturated rings. The van der Waals surface area contributed by atoms with Crippen molar-refractivity contribution in [2.75, 3.05) is 17.3 Å². The molecule has 2 aromatic rings. The Hall–Kier alpha value is -1.56. The first-order valence-corrected chi connectivity index (χ1v) is 7.51. The van der Waals surface area contributed by atoms with Crippen LogP contribution >= 0.6 is 11.6 Å². The van der Waals surface area contributed by atoms with Gasteiger partial charge in [0.1, 0.15) is 11.6 Å². The van der Waals surface area contributed by atoms with Crippen molar-refractivity contribution >= 4 is 23.1 Å². The maximum Gasteiger partial charge on any atom is 0.349 e. The minimum atomic E-state index is -0.243. The largest absolute Gasteiger partial charge is 0.353 e. The molecule has 0 aromatic carbocycles. The zero-order valence-electron chi connectivity index (χ0n) is 11.5. The van der Waals surface area contributed by atoms with E-state index in [0.29, 0.717) is 23.4 Å². The molecule has 0 amide bonds. The monoisotopic (exact) mass is 295 g/mol. The van der Waals surface area contributed by atoms with E-state index >= 15 is 0 Å². The van der Waals surface area contributed by atoms with Crippen LogP contribution in [0.3, 0.4) is 0 Å². The van der Waals surface area contributed by atoms with Gasteiger partial charge in [-0.25, -0.2) is 19.3 Å². The number of aromatic amines is 1. The van der Waals surface area contributed by atoms with E-state index < -0.39 is 0 Å². The molecule has 7 heteroatoms. The Morgan fingerprint density at radius 2 is 2.35 bits per heavy atom. The zero-order chi connectivity index (χ0) is 14.1. The third kappa shape index (κ3) is 2.28. The summed E-state index contributed by atoms with van der Waals surface area (Å²) < 4.78 is 1.49. The van der Waals surface area contributed by atoms with E-state index in [0.717, 1.165) is 18.8 Å². The summed E-state index contributed by atoms with van der Waals surface area (Å²) in [5.74, 6) is 2.20. The molecule has 2 aromatic heterocycles. The van der Waals surface area contributed by atoms with E-state index in [4.69, 9.17) is 11.6 Å². The minimum absolute atomic E-state index is 0.243. The van der Waals surface area contributed by atoms with Gasteiger partial charge in [0.25, 0.3) is 0 Å². The van der Waals surface area contributed by atoms with Gasteiger partial charge in [0.05, 0.1) is 0 Å². The number of aromatic nitrogens is 4. The van der Waals surface area contributed by atoms with Crippen molar-refractivity contribution in [3.63, 3.8) is 0 Å². The van der Waals surface area contributed by atoms with E-state index in [1.807, 2.05) is 13.0 Å². The van der Waals surface area contributed by atoms with E-state index in [1.165, 1.54) is 23.7 Å². The molecular weight excluding hydrogens is 278 g/mol. The second kappa shape index (κ2) is 5.44. The van der Waals surface area contributed by atoms with Gasteiger partial charge in [-0.3, -0.25) is 0 Å². The summed E-state index contributed by atoms with van der Waals surface area (Å²) in [6.07, 6.45) is 4.59. The van der Waals surface area contributed by atoms with Crippen LogP contribution in [0.25, 0.3) is 5.65 Å². The third-order valence-electron chi connectivity index (χ3n) is 3.90. The lowest BCUT2D eigenvalue weighted by Gasteiger charge is -2.38. The summed E-state index contributed by atoms with van der Waals surface area (Å²) in [6, 6.07) is 2.41. The molecule has 20 heavy (non-hydrogen) atoms. The van der Waals surface area contributed by atoms with Gasteiger partial charge < -0.3 is 4.90 Å². The van der Waals surface area contributed by atoms with Gasteiger partial charge >= 0.3 is 5.69 Å². The molecule has 108 valence electrons. The fourth-order valence-corrected chi connectivity index (χ4v) is 2.76. The van der Waals surface area contributed by atoms with Crippen LogP contribution in [0.5, 0.6) is 0 Å². The Balaban J connectivity index is 1.99. The molecule has 0 radical (unpaired) electrons. The lowest BCUT2D eigenvalue weighted by molar-refractivity contribution is 0.383. The number of hydrogen-bond acceptors (Lipinski definition) is 4. The van der Waals surface area contributed by atoms with Crippen LogP contribution in [-0.4, -0.2) is 38.0 Å². The van der Waals surface area contributed by atoms with Crippen LogP contribution in [0.1, 0.15) is 31.5 Å². The second-order valence-electron chi connectivity index (χ2n) is 5.20. The Bertz CT molecular complexity index is 660. The predicted octanol–water partition coefficient (Wildman–Crippen LogP) is 1.71. The fourth-order valence-electron chi connectivity index (χ4n) is 2.64. The van der Waals surface area contributed by atoms with Crippen LogP contribution in [0, 0.1) is 6.92 Å². The maximum atomic E-state index is 11.6. The van der Waals surface area contributed by atoms with E-state index in [-0.39, 0.29) is 5.69 Å². The Morgan fingerprint density at radius 3 is 3.00 bits per heavy atom. The van der Waals surface area contributed by atoms with E-state index in [1.54, 1.807) is 0 Å². The number of nitrogens with one attached hydrogen (secondary N) is 1. The van der Waals surface area contributed by atoms with Gasteiger partial charge in [-0.05, 0) is 32.6 Å². The van der Waals surface area contributed by atoms with Crippen molar-refractivity contribution in [2.24, 2.45) is 0 Å². The third-order valence-corrected chi connectivity index (χ3v) is 4.17. The molecular formula is C13H18ClN5O. The average Bonchev–Trinajstić information content (AvgIpc) is 2.74. The first kappa shape index (κ1) is 13.4. The molecule has 1 aliphatic carbocycles. The molecule has 1 aliphatic rings. The number of H-pyrrole nitrogens is 1. The molecule has 0 unspecified atom stereocenters. The van der Waals surface area contributed by atoms with Crippen molar-refractivity contribution < 1.29 is 0 Å². The summed E-state index contributed by atoms with van der Waals surface area (Å²) in [6.45, 7) is 2.72. The van der Waals surface area contributed by atoms with Gasteiger partial charge in [0.2, 0.25) is 0 Å². The fraction of sp³-hybridized carbons (Fsp3) is 0.615. The number of aryl methyl sites for hydroxylation is 1. The smallest absolute Gasteiger partial charge is 0.349 e. The van der Waals surface area contributed by atoms with Crippen LogP contribution < -0.4 is 10.6 Å². The SMILES string of the molecule is Cc1nc(N(CCCCl)C2CCC2)cc2n[nH]c(=O)n12. The van der Waals surface area contributed by atoms with Gasteiger partial charge in [-0.1, -0.05) is 0 Å². The van der Waals surface area contributed by atoms with Gasteiger partial charge in [-0.15, -0.1) is 11.6 Å². The average molecular weight is 296 g/mol. The van der Waals surface area contributed by atoms with Crippen molar-refractivity contribution in [1.82, 2.24) is 19.6 Å². The molecule has 1 N–H and O–H groups in total. The van der Waals surface area contributed by atoms with Crippen LogP contribution in [0.2, 0.25) is 0 Å². The Morgan fingerprint density at radius 1 is 1.55 bits per heavy atom. The summed E-state index contributed by atoms with van der Waals surface area (Å²) in [7, 11) is 0. The van der Waals surface area contributed by atoms with E-state index in [9.17, 15) is 4.79 Å². The molecule has 0 saturated heterocycles. The Labute approximate surface area is 121 Å². The molecule has 0 bridgehead atoms. The first-order chi connectivity index (χ1) is 9.70. The summed E-state index contributed by atoms with van der Waals surface area (Å²) in [5.41, 5.74) is 0.375. The van der Waals surface area contributed by atoms with Crippen molar-refractivity contribution in [3.05, 3.63) is 22.4 Å². The Kier molecular flexibility index (Phi) is 3.65. The lowest BCUT2D eigenvalue weighted by atomic mass is 9.91. The quantitative estimate of drug-likeness (QED) is 0.853. The minimum Gasteiger partial charge on any atom is -0.353 e.